The summed E-state index contributed by atoms with van der Waals surface area (Å²) in [5.74, 6) is 0.834. The van der Waals surface area contributed by atoms with E-state index in [0.29, 0.717) is 16.2 Å². The SMILES string of the molecule is CCCNc1ncc(Br)c(NC(CO)(CO)CO)n1. The van der Waals surface area contributed by atoms with Crippen LogP contribution >= 0.6 is 15.9 Å². The minimum absolute atomic E-state index is 0.394. The molecule has 0 bridgehead atoms. The van der Waals surface area contributed by atoms with Gasteiger partial charge >= 0.3 is 0 Å². The fraction of sp³-hybridized carbons (Fsp3) is 0.636. The smallest absolute Gasteiger partial charge is 0.224 e. The molecule has 0 spiro atoms. The van der Waals surface area contributed by atoms with Crippen LogP contribution in [0.4, 0.5) is 11.8 Å². The normalized spacial score (nSPS) is 11.4. The molecule has 1 heterocycles. The molecule has 7 nitrogen and oxygen atoms in total. The lowest BCUT2D eigenvalue weighted by Crippen LogP contribution is -2.49. The Bertz CT molecular complexity index is 393. The molecular formula is C11H19BrN4O3. The summed E-state index contributed by atoms with van der Waals surface area (Å²) in [6, 6.07) is 0. The van der Waals surface area contributed by atoms with Gasteiger partial charge in [0.15, 0.2) is 0 Å². The maximum absolute atomic E-state index is 9.28. The second-order valence-electron chi connectivity index (χ2n) is 4.20. The van der Waals surface area contributed by atoms with E-state index in [1.807, 2.05) is 6.92 Å². The number of aliphatic hydroxyl groups is 3. The van der Waals surface area contributed by atoms with Gasteiger partial charge in [0.25, 0.3) is 0 Å². The molecule has 0 unspecified atom stereocenters. The minimum Gasteiger partial charge on any atom is -0.394 e. The van der Waals surface area contributed by atoms with E-state index < -0.39 is 25.4 Å². The summed E-state index contributed by atoms with van der Waals surface area (Å²) in [6.07, 6.45) is 2.50. The highest BCUT2D eigenvalue weighted by Crippen LogP contribution is 2.23. The van der Waals surface area contributed by atoms with Crippen molar-refractivity contribution in [1.29, 1.82) is 0 Å². The molecule has 0 saturated heterocycles. The van der Waals surface area contributed by atoms with E-state index in [1.165, 1.54) is 0 Å². The molecule has 0 aliphatic carbocycles. The topological polar surface area (TPSA) is 111 Å². The summed E-state index contributed by atoms with van der Waals surface area (Å²) in [6.45, 7) is 1.50. The molecule has 1 rings (SSSR count). The highest BCUT2D eigenvalue weighted by molar-refractivity contribution is 9.10. The maximum atomic E-state index is 9.28. The highest BCUT2D eigenvalue weighted by atomic mass is 79.9. The molecule has 0 aliphatic heterocycles. The Labute approximate surface area is 120 Å². The van der Waals surface area contributed by atoms with Crippen LogP contribution in [0, 0.1) is 0 Å². The van der Waals surface area contributed by atoms with E-state index >= 15 is 0 Å². The monoisotopic (exact) mass is 334 g/mol. The van der Waals surface area contributed by atoms with Gasteiger partial charge in [0.05, 0.1) is 24.3 Å². The Morgan fingerprint density at radius 2 is 1.89 bits per heavy atom. The number of nitrogens with one attached hydrogen (secondary N) is 2. The van der Waals surface area contributed by atoms with E-state index in [2.05, 4.69) is 36.5 Å². The Morgan fingerprint density at radius 1 is 1.26 bits per heavy atom. The first kappa shape index (κ1) is 16.1. The molecule has 0 aliphatic rings. The second-order valence-corrected chi connectivity index (χ2v) is 5.05. The van der Waals surface area contributed by atoms with Crippen LogP contribution in [0.25, 0.3) is 0 Å². The fourth-order valence-corrected chi connectivity index (χ4v) is 1.59. The molecule has 1 aromatic heterocycles. The van der Waals surface area contributed by atoms with Crippen molar-refractivity contribution in [2.75, 3.05) is 37.0 Å². The lowest BCUT2D eigenvalue weighted by atomic mass is 10.0. The fourth-order valence-electron chi connectivity index (χ4n) is 1.30. The first-order chi connectivity index (χ1) is 9.10. The Hall–Kier alpha value is -0.960. The first-order valence-corrected chi connectivity index (χ1v) is 6.77. The molecule has 0 saturated carbocycles. The molecule has 8 heteroatoms. The average Bonchev–Trinajstić information content (AvgIpc) is 2.45. The number of halogens is 1. The van der Waals surface area contributed by atoms with Gasteiger partial charge in [0.2, 0.25) is 5.95 Å². The molecule has 0 aromatic carbocycles. The third-order valence-electron chi connectivity index (χ3n) is 2.57. The van der Waals surface area contributed by atoms with Gasteiger partial charge in [-0.15, -0.1) is 0 Å². The minimum atomic E-state index is -1.22. The molecule has 0 radical (unpaired) electrons. The van der Waals surface area contributed by atoms with Crippen molar-refractivity contribution in [3.63, 3.8) is 0 Å². The van der Waals surface area contributed by atoms with Crippen molar-refractivity contribution in [1.82, 2.24) is 9.97 Å². The summed E-state index contributed by atoms with van der Waals surface area (Å²) in [4.78, 5) is 8.31. The van der Waals surface area contributed by atoms with Crippen molar-refractivity contribution >= 4 is 27.7 Å². The van der Waals surface area contributed by atoms with Crippen LogP contribution in [-0.2, 0) is 0 Å². The number of aromatic nitrogens is 2. The lowest BCUT2D eigenvalue weighted by Gasteiger charge is -2.29. The van der Waals surface area contributed by atoms with Crippen molar-refractivity contribution in [3.05, 3.63) is 10.7 Å². The molecule has 0 amide bonds. The van der Waals surface area contributed by atoms with Gasteiger partial charge in [-0.1, -0.05) is 6.92 Å². The van der Waals surface area contributed by atoms with Crippen LogP contribution in [0.1, 0.15) is 13.3 Å². The van der Waals surface area contributed by atoms with Gasteiger partial charge in [-0.2, -0.15) is 4.98 Å². The van der Waals surface area contributed by atoms with Crippen LogP contribution in [0.15, 0.2) is 10.7 Å². The number of hydrogen-bond donors (Lipinski definition) is 5. The van der Waals surface area contributed by atoms with Gasteiger partial charge in [-0.25, -0.2) is 4.98 Å². The van der Waals surface area contributed by atoms with Gasteiger partial charge in [-0.3, -0.25) is 0 Å². The van der Waals surface area contributed by atoms with E-state index in [9.17, 15) is 15.3 Å². The zero-order chi connectivity index (χ0) is 14.3. The Kier molecular flexibility index (Phi) is 6.43. The summed E-state index contributed by atoms with van der Waals surface area (Å²) in [7, 11) is 0. The van der Waals surface area contributed by atoms with Crippen molar-refractivity contribution in [2.24, 2.45) is 0 Å². The van der Waals surface area contributed by atoms with Gasteiger partial charge in [-0.05, 0) is 22.4 Å². The first-order valence-electron chi connectivity index (χ1n) is 5.98. The molecule has 0 fully saturated rings. The van der Waals surface area contributed by atoms with Crippen LogP contribution in [0.5, 0.6) is 0 Å². The third kappa shape index (κ3) is 4.27. The number of nitrogens with zero attached hydrogens (tertiary/aromatic N) is 2. The molecule has 19 heavy (non-hydrogen) atoms. The Morgan fingerprint density at radius 3 is 2.42 bits per heavy atom. The molecule has 1 aromatic rings. The second kappa shape index (κ2) is 7.59. The van der Waals surface area contributed by atoms with E-state index in [1.54, 1.807) is 6.20 Å². The van der Waals surface area contributed by atoms with Gasteiger partial charge in [0.1, 0.15) is 11.4 Å². The molecular weight excluding hydrogens is 316 g/mol. The lowest BCUT2D eigenvalue weighted by molar-refractivity contribution is 0.0830. The Balaban J connectivity index is 2.92. The van der Waals surface area contributed by atoms with Crippen molar-refractivity contribution < 1.29 is 15.3 Å². The number of aliphatic hydroxyl groups excluding tert-OH is 3. The van der Waals surface area contributed by atoms with E-state index in [4.69, 9.17) is 0 Å². The quantitative estimate of drug-likeness (QED) is 0.461. The van der Waals surface area contributed by atoms with Crippen LogP contribution in [0.3, 0.4) is 0 Å². The highest BCUT2D eigenvalue weighted by Gasteiger charge is 2.29. The van der Waals surface area contributed by atoms with Gasteiger partial charge in [0, 0.05) is 12.7 Å². The standard InChI is InChI=1S/C11H19BrN4O3/c1-2-3-13-10-14-4-8(12)9(15-10)16-11(5-17,6-18)7-19/h4,17-19H,2-3,5-7H2,1H3,(H2,13,14,15,16). The summed E-state index contributed by atoms with van der Waals surface area (Å²) in [5.41, 5.74) is -1.22. The molecule has 0 atom stereocenters. The molecule has 108 valence electrons. The van der Waals surface area contributed by atoms with E-state index in [0.717, 1.165) is 13.0 Å². The summed E-state index contributed by atoms with van der Waals surface area (Å²) < 4.78 is 0.578. The largest absolute Gasteiger partial charge is 0.394 e. The zero-order valence-corrected chi connectivity index (χ0v) is 12.3. The number of anilines is 2. The maximum Gasteiger partial charge on any atom is 0.224 e. The molecule has 5 N–H and O–H groups in total. The summed E-state index contributed by atoms with van der Waals surface area (Å²) in [5, 5.41) is 33.7. The van der Waals surface area contributed by atoms with Gasteiger partial charge < -0.3 is 26.0 Å². The number of rotatable bonds is 8. The predicted molar refractivity (Wildman–Crippen MR) is 76.1 cm³/mol. The zero-order valence-electron chi connectivity index (χ0n) is 10.7. The van der Waals surface area contributed by atoms with Crippen LogP contribution < -0.4 is 10.6 Å². The van der Waals surface area contributed by atoms with E-state index in [-0.39, 0.29) is 0 Å². The number of hydrogen-bond acceptors (Lipinski definition) is 7. The van der Waals surface area contributed by atoms with Crippen LogP contribution in [-0.4, -0.2) is 57.2 Å². The van der Waals surface area contributed by atoms with Crippen molar-refractivity contribution in [2.45, 2.75) is 18.9 Å². The third-order valence-corrected chi connectivity index (χ3v) is 3.15. The predicted octanol–water partition coefficient (Wildman–Crippen LogP) is 0.189. The van der Waals surface area contributed by atoms with Crippen molar-refractivity contribution in [3.8, 4) is 0 Å². The van der Waals surface area contributed by atoms with Crippen LogP contribution in [0.2, 0.25) is 0 Å². The average molecular weight is 335 g/mol. The summed E-state index contributed by atoms with van der Waals surface area (Å²) >= 11 is 3.28.